The van der Waals surface area contributed by atoms with Crippen LogP contribution in [0.5, 0.6) is 0 Å². The Labute approximate surface area is 111 Å². The molecule has 2 rings (SSSR count). The smallest absolute Gasteiger partial charge is 0.273 e. The van der Waals surface area contributed by atoms with Gasteiger partial charge in [0.15, 0.2) is 0 Å². The van der Waals surface area contributed by atoms with E-state index in [1.807, 2.05) is 19.9 Å². The highest BCUT2D eigenvalue weighted by atomic mass is 32.1. The summed E-state index contributed by atoms with van der Waals surface area (Å²) in [7, 11) is 0. The average Bonchev–Trinajstić information content (AvgIpc) is 2.84. The number of carbonyl (C=O) groups excluding carboxylic acids is 2. The SMILES string of the molecule is CC(C)CC(=O)NNC(=O)c1cc2c(s1)CCC2. The monoisotopic (exact) mass is 266 g/mol. The number of hydrogen-bond donors (Lipinski definition) is 2. The van der Waals surface area contributed by atoms with Crippen LogP contribution in [0.3, 0.4) is 0 Å². The molecule has 0 saturated heterocycles. The van der Waals surface area contributed by atoms with E-state index in [4.69, 9.17) is 0 Å². The van der Waals surface area contributed by atoms with Gasteiger partial charge in [-0.05, 0) is 36.8 Å². The molecule has 2 N–H and O–H groups in total. The summed E-state index contributed by atoms with van der Waals surface area (Å²) in [6, 6.07) is 1.94. The second kappa shape index (κ2) is 5.52. The van der Waals surface area contributed by atoms with Gasteiger partial charge >= 0.3 is 0 Å². The Balaban J connectivity index is 1.86. The number of nitrogens with one attached hydrogen (secondary N) is 2. The molecule has 18 heavy (non-hydrogen) atoms. The maximum Gasteiger partial charge on any atom is 0.279 e. The van der Waals surface area contributed by atoms with E-state index in [0.717, 1.165) is 12.8 Å². The number of hydrogen-bond acceptors (Lipinski definition) is 3. The zero-order valence-electron chi connectivity index (χ0n) is 10.7. The Hall–Kier alpha value is -1.36. The van der Waals surface area contributed by atoms with Crippen molar-refractivity contribution in [3.8, 4) is 0 Å². The fourth-order valence-electron chi connectivity index (χ4n) is 2.05. The van der Waals surface area contributed by atoms with Gasteiger partial charge in [0.2, 0.25) is 5.91 Å². The molecule has 4 nitrogen and oxygen atoms in total. The number of amides is 2. The molecule has 2 amide bonds. The number of hydrazine groups is 1. The van der Waals surface area contributed by atoms with Gasteiger partial charge < -0.3 is 0 Å². The van der Waals surface area contributed by atoms with Crippen LogP contribution in [0.15, 0.2) is 6.07 Å². The molecule has 1 aliphatic rings. The third-order valence-corrected chi connectivity index (χ3v) is 4.12. The van der Waals surface area contributed by atoms with E-state index in [1.165, 1.54) is 28.2 Å². The highest BCUT2D eigenvalue weighted by Crippen LogP contribution is 2.30. The van der Waals surface area contributed by atoms with Gasteiger partial charge in [0.1, 0.15) is 0 Å². The summed E-state index contributed by atoms with van der Waals surface area (Å²) in [6.45, 7) is 3.93. The van der Waals surface area contributed by atoms with E-state index >= 15 is 0 Å². The van der Waals surface area contributed by atoms with Gasteiger partial charge in [-0.1, -0.05) is 13.8 Å². The minimum atomic E-state index is -0.216. The van der Waals surface area contributed by atoms with E-state index < -0.39 is 0 Å². The van der Waals surface area contributed by atoms with Gasteiger partial charge in [0.25, 0.3) is 5.91 Å². The van der Waals surface area contributed by atoms with Crippen LogP contribution in [0.25, 0.3) is 0 Å². The first kappa shape index (κ1) is 13.1. The van der Waals surface area contributed by atoms with Gasteiger partial charge in [-0.2, -0.15) is 0 Å². The largest absolute Gasteiger partial charge is 0.279 e. The third-order valence-electron chi connectivity index (χ3n) is 2.88. The maximum absolute atomic E-state index is 11.8. The molecule has 1 aromatic heterocycles. The Kier molecular flexibility index (Phi) is 4.01. The van der Waals surface area contributed by atoms with Crippen LogP contribution in [0.4, 0.5) is 0 Å². The number of carbonyl (C=O) groups is 2. The summed E-state index contributed by atoms with van der Waals surface area (Å²) >= 11 is 1.53. The van der Waals surface area contributed by atoms with Crippen molar-refractivity contribution in [1.82, 2.24) is 10.9 Å². The fourth-order valence-corrected chi connectivity index (χ4v) is 3.20. The van der Waals surface area contributed by atoms with Gasteiger partial charge in [-0.15, -0.1) is 11.3 Å². The first-order chi connectivity index (χ1) is 8.56. The van der Waals surface area contributed by atoms with Crippen molar-refractivity contribution in [2.75, 3.05) is 0 Å². The van der Waals surface area contributed by atoms with Crippen molar-refractivity contribution in [3.63, 3.8) is 0 Å². The zero-order valence-corrected chi connectivity index (χ0v) is 11.5. The highest BCUT2D eigenvalue weighted by molar-refractivity contribution is 7.14. The lowest BCUT2D eigenvalue weighted by atomic mass is 10.1. The molecule has 0 spiro atoms. The molecule has 98 valence electrons. The molecule has 0 bridgehead atoms. The minimum Gasteiger partial charge on any atom is -0.273 e. The standard InChI is InChI=1S/C13H18N2O2S/c1-8(2)6-12(16)14-15-13(17)11-7-9-4-3-5-10(9)18-11/h7-8H,3-6H2,1-2H3,(H,14,16)(H,15,17). The molecular formula is C13H18N2O2S. The number of fused-ring (bicyclic) bond motifs is 1. The molecular weight excluding hydrogens is 248 g/mol. The normalized spacial score (nSPS) is 13.5. The van der Waals surface area contributed by atoms with E-state index in [-0.39, 0.29) is 17.7 Å². The van der Waals surface area contributed by atoms with Gasteiger partial charge in [0, 0.05) is 11.3 Å². The van der Waals surface area contributed by atoms with Gasteiger partial charge in [-0.3, -0.25) is 20.4 Å². The molecule has 0 saturated carbocycles. The first-order valence-corrected chi connectivity index (χ1v) is 7.08. The molecule has 1 heterocycles. The topological polar surface area (TPSA) is 58.2 Å². The van der Waals surface area contributed by atoms with Crippen LogP contribution in [0.1, 0.15) is 46.8 Å². The summed E-state index contributed by atoms with van der Waals surface area (Å²) in [5, 5.41) is 0. The second-order valence-electron chi connectivity index (χ2n) is 5.01. The third kappa shape index (κ3) is 3.10. The van der Waals surface area contributed by atoms with Crippen LogP contribution in [0.2, 0.25) is 0 Å². The molecule has 0 aromatic carbocycles. The van der Waals surface area contributed by atoms with Crippen molar-refractivity contribution in [1.29, 1.82) is 0 Å². The van der Waals surface area contributed by atoms with E-state index in [0.29, 0.717) is 11.3 Å². The molecule has 0 atom stereocenters. The second-order valence-corrected chi connectivity index (χ2v) is 6.15. The summed E-state index contributed by atoms with van der Waals surface area (Å²) in [5.41, 5.74) is 6.20. The Morgan fingerprint density at radius 1 is 1.33 bits per heavy atom. The van der Waals surface area contributed by atoms with E-state index in [2.05, 4.69) is 10.9 Å². The molecule has 0 aliphatic heterocycles. The zero-order chi connectivity index (χ0) is 13.1. The maximum atomic E-state index is 11.8. The minimum absolute atomic E-state index is 0.151. The molecule has 0 fully saturated rings. The fraction of sp³-hybridized carbons (Fsp3) is 0.538. The molecule has 0 unspecified atom stereocenters. The van der Waals surface area contributed by atoms with Crippen LogP contribution in [0, 0.1) is 5.92 Å². The lowest BCUT2D eigenvalue weighted by Gasteiger charge is -2.07. The molecule has 1 aliphatic carbocycles. The van der Waals surface area contributed by atoms with Crippen molar-refractivity contribution in [2.45, 2.75) is 39.5 Å². The Morgan fingerprint density at radius 3 is 2.78 bits per heavy atom. The molecule has 1 aromatic rings. The number of thiophene rings is 1. The quantitative estimate of drug-likeness (QED) is 0.823. The average molecular weight is 266 g/mol. The lowest BCUT2D eigenvalue weighted by Crippen LogP contribution is -2.41. The highest BCUT2D eigenvalue weighted by Gasteiger charge is 2.18. The molecule has 0 radical (unpaired) electrons. The number of rotatable bonds is 3. The van der Waals surface area contributed by atoms with Crippen molar-refractivity contribution < 1.29 is 9.59 Å². The van der Waals surface area contributed by atoms with Crippen LogP contribution in [-0.2, 0) is 17.6 Å². The summed E-state index contributed by atoms with van der Waals surface area (Å²) < 4.78 is 0. The van der Waals surface area contributed by atoms with E-state index in [9.17, 15) is 9.59 Å². The summed E-state index contributed by atoms with van der Waals surface area (Å²) in [4.78, 5) is 25.2. The Morgan fingerprint density at radius 2 is 2.11 bits per heavy atom. The van der Waals surface area contributed by atoms with Crippen molar-refractivity contribution in [2.24, 2.45) is 5.92 Å². The number of aryl methyl sites for hydroxylation is 2. The first-order valence-electron chi connectivity index (χ1n) is 6.27. The van der Waals surface area contributed by atoms with Crippen LogP contribution in [-0.4, -0.2) is 11.8 Å². The Bertz CT molecular complexity index is 444. The predicted octanol–water partition coefficient (Wildman–Crippen LogP) is 2.04. The van der Waals surface area contributed by atoms with Crippen molar-refractivity contribution in [3.05, 3.63) is 21.4 Å². The van der Waals surface area contributed by atoms with Crippen LogP contribution >= 0.6 is 11.3 Å². The lowest BCUT2D eigenvalue weighted by molar-refractivity contribution is -0.122. The molecule has 5 heteroatoms. The van der Waals surface area contributed by atoms with Gasteiger partial charge in [0.05, 0.1) is 4.88 Å². The summed E-state index contributed by atoms with van der Waals surface area (Å²) in [5.74, 6) is -0.0820. The predicted molar refractivity (Wildman–Crippen MR) is 71.4 cm³/mol. The summed E-state index contributed by atoms with van der Waals surface area (Å²) in [6.07, 6.45) is 3.75. The van der Waals surface area contributed by atoms with Gasteiger partial charge in [-0.25, -0.2) is 0 Å². The van der Waals surface area contributed by atoms with E-state index in [1.54, 1.807) is 0 Å². The van der Waals surface area contributed by atoms with Crippen molar-refractivity contribution >= 4 is 23.2 Å². The van der Waals surface area contributed by atoms with Crippen LogP contribution < -0.4 is 10.9 Å².